The van der Waals surface area contributed by atoms with E-state index in [0.717, 1.165) is 13.1 Å². The van der Waals surface area contributed by atoms with E-state index < -0.39 is 0 Å². The Bertz CT molecular complexity index is 567. The molecule has 1 atom stereocenters. The summed E-state index contributed by atoms with van der Waals surface area (Å²) in [5.41, 5.74) is 8.62. The zero-order valence-electron chi connectivity index (χ0n) is 9.48. The third-order valence-corrected chi connectivity index (χ3v) is 3.16. The van der Waals surface area contributed by atoms with Crippen molar-refractivity contribution in [2.24, 2.45) is 5.73 Å². The monoisotopic (exact) mass is 212 g/mol. The number of hydrogen-bond acceptors (Lipinski definition) is 2. The Labute approximate surface area is 95.4 Å². The maximum atomic E-state index is 5.89. The van der Waals surface area contributed by atoms with Crippen LogP contribution in [0.5, 0.6) is 0 Å². The van der Waals surface area contributed by atoms with Crippen molar-refractivity contribution in [3.8, 4) is 0 Å². The van der Waals surface area contributed by atoms with Gasteiger partial charge in [-0.2, -0.15) is 0 Å². The maximum Gasteiger partial charge on any atom is 0.0520 e. The second kappa shape index (κ2) is 3.49. The summed E-state index contributed by atoms with van der Waals surface area (Å²) in [6.07, 6.45) is 4.56. The Morgan fingerprint density at radius 2 is 2.19 bits per heavy atom. The molecule has 16 heavy (non-hydrogen) atoms. The molecule has 1 heterocycles. The summed E-state index contributed by atoms with van der Waals surface area (Å²) in [6, 6.07) is 8.78. The van der Waals surface area contributed by atoms with E-state index in [0.29, 0.717) is 0 Å². The predicted octanol–water partition coefficient (Wildman–Crippen LogP) is 0.178. The highest BCUT2D eigenvalue weighted by Crippen LogP contribution is 2.25. The molecule has 0 radical (unpaired) electrons. The molecule has 1 unspecified atom stereocenters. The van der Waals surface area contributed by atoms with Gasteiger partial charge in [0, 0.05) is 24.4 Å². The molecule has 0 amide bonds. The number of nitrogens with two attached hydrogens (primary N) is 1. The summed E-state index contributed by atoms with van der Waals surface area (Å²) in [7, 11) is 0. The van der Waals surface area contributed by atoms with Gasteiger partial charge < -0.3 is 10.6 Å². The van der Waals surface area contributed by atoms with Crippen molar-refractivity contribution in [1.29, 1.82) is 0 Å². The molecule has 1 aromatic rings. The van der Waals surface area contributed by atoms with Crippen LogP contribution in [0.1, 0.15) is 6.92 Å². The molecule has 2 heteroatoms. The van der Waals surface area contributed by atoms with Gasteiger partial charge in [-0.25, -0.2) is 0 Å². The highest BCUT2D eigenvalue weighted by molar-refractivity contribution is 5.82. The average molecular weight is 212 g/mol. The molecule has 0 fully saturated rings. The van der Waals surface area contributed by atoms with Gasteiger partial charge in [-0.15, -0.1) is 0 Å². The molecule has 2 N–H and O–H groups in total. The standard InChI is InChI=1S/C14H16N2/c1-10(15)9-16-7-6-12-8-11-4-2-3-5-13(11)14(12)16/h2-6,8,10H,7,9,15H2,1H3. The third kappa shape index (κ3) is 1.38. The van der Waals surface area contributed by atoms with E-state index in [1.807, 2.05) is 0 Å². The second-order valence-electron chi connectivity index (χ2n) is 4.62. The number of benzene rings is 1. The largest absolute Gasteiger partial charge is 0.365 e. The molecule has 1 aliphatic heterocycles. The Morgan fingerprint density at radius 1 is 1.38 bits per heavy atom. The maximum absolute atomic E-state index is 5.89. The fourth-order valence-electron chi connectivity index (χ4n) is 2.55. The van der Waals surface area contributed by atoms with Crippen LogP contribution in [0.15, 0.2) is 35.9 Å². The van der Waals surface area contributed by atoms with Crippen LogP contribution in [0.2, 0.25) is 0 Å². The first-order chi connectivity index (χ1) is 7.75. The van der Waals surface area contributed by atoms with E-state index >= 15 is 0 Å². The van der Waals surface area contributed by atoms with Crippen LogP contribution in [0.3, 0.4) is 0 Å². The molecular weight excluding hydrogens is 196 g/mol. The Hall–Kier alpha value is -1.54. The first-order valence-corrected chi connectivity index (χ1v) is 5.78. The van der Waals surface area contributed by atoms with E-state index in [4.69, 9.17) is 5.73 Å². The predicted molar refractivity (Wildman–Crippen MR) is 66.9 cm³/mol. The van der Waals surface area contributed by atoms with Gasteiger partial charge in [0.15, 0.2) is 0 Å². The van der Waals surface area contributed by atoms with E-state index in [2.05, 4.69) is 48.2 Å². The van der Waals surface area contributed by atoms with Gasteiger partial charge in [0.05, 0.1) is 5.70 Å². The average Bonchev–Trinajstić information content (AvgIpc) is 2.77. The minimum Gasteiger partial charge on any atom is -0.365 e. The van der Waals surface area contributed by atoms with Crippen LogP contribution in [-0.2, 0) is 0 Å². The van der Waals surface area contributed by atoms with E-state index in [-0.39, 0.29) is 6.04 Å². The topological polar surface area (TPSA) is 29.3 Å². The van der Waals surface area contributed by atoms with Crippen molar-refractivity contribution in [2.75, 3.05) is 13.1 Å². The van der Waals surface area contributed by atoms with Gasteiger partial charge in [-0.1, -0.05) is 30.3 Å². The molecule has 3 rings (SSSR count). The number of rotatable bonds is 2. The third-order valence-electron chi connectivity index (χ3n) is 3.16. The van der Waals surface area contributed by atoms with Gasteiger partial charge >= 0.3 is 0 Å². The van der Waals surface area contributed by atoms with Gasteiger partial charge in [-0.3, -0.25) is 0 Å². The van der Waals surface area contributed by atoms with Gasteiger partial charge in [0.2, 0.25) is 0 Å². The fourth-order valence-corrected chi connectivity index (χ4v) is 2.55. The summed E-state index contributed by atoms with van der Waals surface area (Å²) in [5.74, 6) is 0. The van der Waals surface area contributed by atoms with Crippen molar-refractivity contribution in [3.05, 3.63) is 46.4 Å². The number of hydrogen-bond donors (Lipinski definition) is 1. The summed E-state index contributed by atoms with van der Waals surface area (Å²) < 4.78 is 0. The molecule has 2 aliphatic rings. The van der Waals surface area contributed by atoms with Crippen molar-refractivity contribution in [1.82, 2.24) is 4.90 Å². The molecule has 0 bridgehead atoms. The molecule has 82 valence electrons. The minimum absolute atomic E-state index is 0.216. The van der Waals surface area contributed by atoms with Gasteiger partial charge in [-0.05, 0) is 23.8 Å². The Balaban J connectivity index is 2.13. The first-order valence-electron chi connectivity index (χ1n) is 5.78. The lowest BCUT2D eigenvalue weighted by molar-refractivity contribution is 0.419. The van der Waals surface area contributed by atoms with E-state index in [9.17, 15) is 0 Å². The highest BCUT2D eigenvalue weighted by atomic mass is 15.2. The SMILES string of the molecule is CC(N)CN1CC=C2C=c3ccccc3=C21. The molecule has 0 spiro atoms. The van der Waals surface area contributed by atoms with E-state index in [1.165, 1.54) is 21.7 Å². The molecule has 1 aliphatic carbocycles. The Morgan fingerprint density at radius 3 is 3.00 bits per heavy atom. The lowest BCUT2D eigenvalue weighted by Gasteiger charge is -2.22. The number of fused-ring (bicyclic) bond motifs is 2. The van der Waals surface area contributed by atoms with Crippen LogP contribution in [0.25, 0.3) is 11.8 Å². The van der Waals surface area contributed by atoms with Crippen LogP contribution in [-0.4, -0.2) is 24.0 Å². The van der Waals surface area contributed by atoms with Gasteiger partial charge in [0.25, 0.3) is 0 Å². The second-order valence-corrected chi connectivity index (χ2v) is 4.62. The molecule has 2 nitrogen and oxygen atoms in total. The van der Waals surface area contributed by atoms with Gasteiger partial charge in [0.1, 0.15) is 0 Å². The summed E-state index contributed by atoms with van der Waals surface area (Å²) in [5, 5.41) is 2.69. The van der Waals surface area contributed by atoms with Crippen molar-refractivity contribution in [2.45, 2.75) is 13.0 Å². The highest BCUT2D eigenvalue weighted by Gasteiger charge is 2.22. The van der Waals surface area contributed by atoms with E-state index in [1.54, 1.807) is 0 Å². The van der Waals surface area contributed by atoms with Crippen LogP contribution in [0, 0.1) is 0 Å². The van der Waals surface area contributed by atoms with Crippen molar-refractivity contribution < 1.29 is 0 Å². The fraction of sp³-hybridized carbons (Fsp3) is 0.286. The lowest BCUT2D eigenvalue weighted by Crippen LogP contribution is -2.36. The minimum atomic E-state index is 0.216. The van der Waals surface area contributed by atoms with Crippen LogP contribution >= 0.6 is 0 Å². The van der Waals surface area contributed by atoms with Crippen LogP contribution < -0.4 is 16.2 Å². The summed E-state index contributed by atoms with van der Waals surface area (Å²) in [4.78, 5) is 2.38. The van der Waals surface area contributed by atoms with Crippen molar-refractivity contribution in [3.63, 3.8) is 0 Å². The van der Waals surface area contributed by atoms with Crippen LogP contribution in [0.4, 0.5) is 0 Å². The molecule has 0 aromatic heterocycles. The van der Waals surface area contributed by atoms with Crippen molar-refractivity contribution >= 4 is 11.8 Å². The molecule has 0 saturated carbocycles. The number of nitrogens with zero attached hydrogens (tertiary/aromatic N) is 1. The Kier molecular flexibility index (Phi) is 2.11. The summed E-state index contributed by atoms with van der Waals surface area (Å²) in [6.45, 7) is 3.98. The first kappa shape index (κ1) is 9.67. The molecule has 0 saturated heterocycles. The molecule has 1 aromatic carbocycles. The smallest absolute Gasteiger partial charge is 0.0520 e. The zero-order valence-corrected chi connectivity index (χ0v) is 9.48. The zero-order chi connectivity index (χ0) is 11.1. The quantitative estimate of drug-likeness (QED) is 0.757. The summed E-state index contributed by atoms with van der Waals surface area (Å²) >= 11 is 0. The normalized spacial score (nSPS) is 19.0. The molecular formula is C14H16N2. The lowest BCUT2D eigenvalue weighted by atomic mass is 10.2.